The molecule has 0 heterocycles. The Bertz CT molecular complexity index is 845. The highest BCUT2D eigenvalue weighted by Crippen LogP contribution is 2.28. The molecule has 0 aliphatic heterocycles. The molecule has 4 nitrogen and oxygen atoms in total. The maximum Gasteiger partial charge on any atom is 0.242 e. The van der Waals surface area contributed by atoms with E-state index in [9.17, 15) is 12.8 Å². The van der Waals surface area contributed by atoms with Gasteiger partial charge in [0.1, 0.15) is 16.3 Å². The molecular formula is C16H16Cl2FNO3S. The standard InChI is InChI=1S/C16H16Cl2FNO3S/c1-16(23-2,12-5-3-4-6-14(12)19)10-20-24(21,22)15-9-11(17)7-8-13(15)18/h3-9,20H,10H2,1-2H3. The maximum absolute atomic E-state index is 14.0. The summed E-state index contributed by atoms with van der Waals surface area (Å²) in [6.07, 6.45) is 0. The van der Waals surface area contributed by atoms with E-state index < -0.39 is 21.4 Å². The molecule has 0 radical (unpaired) electrons. The van der Waals surface area contributed by atoms with Gasteiger partial charge in [-0.2, -0.15) is 0 Å². The monoisotopic (exact) mass is 391 g/mol. The molecular weight excluding hydrogens is 376 g/mol. The minimum Gasteiger partial charge on any atom is -0.372 e. The van der Waals surface area contributed by atoms with Gasteiger partial charge in [-0.25, -0.2) is 17.5 Å². The van der Waals surface area contributed by atoms with Gasteiger partial charge in [-0.1, -0.05) is 41.4 Å². The summed E-state index contributed by atoms with van der Waals surface area (Å²) in [6.45, 7) is 1.41. The third-order valence-corrected chi connectivity index (χ3v) is 5.79. The summed E-state index contributed by atoms with van der Waals surface area (Å²) < 4.78 is 46.8. The van der Waals surface area contributed by atoms with Crippen molar-refractivity contribution in [2.45, 2.75) is 17.4 Å². The van der Waals surface area contributed by atoms with Crippen LogP contribution in [0.4, 0.5) is 4.39 Å². The van der Waals surface area contributed by atoms with Crippen molar-refractivity contribution < 1.29 is 17.5 Å². The van der Waals surface area contributed by atoms with Gasteiger partial charge in [0, 0.05) is 24.2 Å². The molecule has 0 aliphatic carbocycles. The lowest BCUT2D eigenvalue weighted by atomic mass is 9.95. The van der Waals surface area contributed by atoms with E-state index in [-0.39, 0.29) is 27.0 Å². The van der Waals surface area contributed by atoms with E-state index >= 15 is 0 Å². The van der Waals surface area contributed by atoms with Gasteiger partial charge >= 0.3 is 0 Å². The highest BCUT2D eigenvalue weighted by atomic mass is 35.5. The van der Waals surface area contributed by atoms with Crippen LogP contribution in [-0.4, -0.2) is 22.1 Å². The fourth-order valence-electron chi connectivity index (χ4n) is 2.16. The Morgan fingerprint density at radius 2 is 1.88 bits per heavy atom. The van der Waals surface area contributed by atoms with Crippen molar-refractivity contribution >= 4 is 33.2 Å². The number of rotatable bonds is 6. The van der Waals surface area contributed by atoms with Crippen LogP contribution in [0.25, 0.3) is 0 Å². The third kappa shape index (κ3) is 4.07. The van der Waals surface area contributed by atoms with Gasteiger partial charge in [-0.15, -0.1) is 0 Å². The van der Waals surface area contributed by atoms with Crippen LogP contribution in [0, 0.1) is 5.82 Å². The summed E-state index contributed by atoms with van der Waals surface area (Å²) in [5, 5.41) is 0.278. The number of ether oxygens (including phenoxy) is 1. The molecule has 2 aromatic carbocycles. The summed E-state index contributed by atoms with van der Waals surface area (Å²) in [6, 6.07) is 10.2. The Kier molecular flexibility index (Phi) is 5.88. The lowest BCUT2D eigenvalue weighted by Crippen LogP contribution is -2.40. The minimum atomic E-state index is -3.95. The van der Waals surface area contributed by atoms with E-state index in [0.29, 0.717) is 0 Å². The van der Waals surface area contributed by atoms with Gasteiger partial charge in [0.2, 0.25) is 10.0 Å². The van der Waals surface area contributed by atoms with Crippen molar-refractivity contribution in [3.63, 3.8) is 0 Å². The van der Waals surface area contributed by atoms with Crippen molar-refractivity contribution in [3.8, 4) is 0 Å². The Hall–Kier alpha value is -1.18. The summed E-state index contributed by atoms with van der Waals surface area (Å²) >= 11 is 11.8. The van der Waals surface area contributed by atoms with Crippen LogP contribution in [0.3, 0.4) is 0 Å². The molecule has 0 amide bonds. The van der Waals surface area contributed by atoms with Crippen LogP contribution in [-0.2, 0) is 20.4 Å². The van der Waals surface area contributed by atoms with Crippen LogP contribution in [0.5, 0.6) is 0 Å². The molecule has 1 N–H and O–H groups in total. The molecule has 0 bridgehead atoms. The van der Waals surface area contributed by atoms with Gasteiger partial charge < -0.3 is 4.74 Å². The first-order valence-corrected chi connectivity index (χ1v) is 9.18. The van der Waals surface area contributed by atoms with Crippen LogP contribution < -0.4 is 4.72 Å². The van der Waals surface area contributed by atoms with E-state index in [4.69, 9.17) is 27.9 Å². The number of benzene rings is 2. The molecule has 0 saturated carbocycles. The molecule has 2 aromatic rings. The zero-order valence-electron chi connectivity index (χ0n) is 13.0. The second-order valence-corrected chi connectivity index (χ2v) is 7.89. The molecule has 24 heavy (non-hydrogen) atoms. The van der Waals surface area contributed by atoms with Crippen LogP contribution in [0.15, 0.2) is 47.4 Å². The summed E-state index contributed by atoms with van der Waals surface area (Å²) in [7, 11) is -2.56. The Labute approximate surface area is 150 Å². The van der Waals surface area contributed by atoms with Gasteiger partial charge in [-0.3, -0.25) is 0 Å². The topological polar surface area (TPSA) is 55.4 Å². The molecule has 1 atom stereocenters. The number of sulfonamides is 1. The van der Waals surface area contributed by atoms with Crippen molar-refractivity contribution in [3.05, 3.63) is 63.9 Å². The van der Waals surface area contributed by atoms with E-state index in [0.717, 1.165) is 0 Å². The SMILES string of the molecule is COC(C)(CNS(=O)(=O)c1cc(Cl)ccc1Cl)c1ccccc1F. The quantitative estimate of drug-likeness (QED) is 0.810. The van der Waals surface area contributed by atoms with E-state index in [1.54, 1.807) is 25.1 Å². The molecule has 0 aromatic heterocycles. The number of methoxy groups -OCH3 is 1. The number of hydrogen-bond acceptors (Lipinski definition) is 3. The first-order valence-electron chi connectivity index (χ1n) is 6.94. The molecule has 0 fully saturated rings. The first-order chi connectivity index (χ1) is 11.2. The highest BCUT2D eigenvalue weighted by molar-refractivity contribution is 7.89. The average molecular weight is 392 g/mol. The fraction of sp³-hybridized carbons (Fsp3) is 0.250. The fourth-order valence-corrected chi connectivity index (χ4v) is 4.05. The van der Waals surface area contributed by atoms with Gasteiger partial charge in [0.15, 0.2) is 0 Å². The zero-order valence-corrected chi connectivity index (χ0v) is 15.3. The zero-order chi connectivity index (χ0) is 18.0. The van der Waals surface area contributed by atoms with Crippen molar-refractivity contribution in [1.29, 1.82) is 0 Å². The predicted octanol–water partition coefficient (Wildman–Crippen LogP) is 3.97. The van der Waals surface area contributed by atoms with E-state index in [1.165, 1.54) is 31.4 Å². The Morgan fingerprint density at radius 3 is 2.50 bits per heavy atom. The summed E-state index contributed by atoms with van der Waals surface area (Å²) in [4.78, 5) is -0.149. The van der Waals surface area contributed by atoms with Crippen molar-refractivity contribution in [1.82, 2.24) is 4.72 Å². The average Bonchev–Trinajstić information content (AvgIpc) is 2.55. The number of hydrogen-bond donors (Lipinski definition) is 1. The highest BCUT2D eigenvalue weighted by Gasteiger charge is 2.31. The van der Waals surface area contributed by atoms with Gasteiger partial charge in [0.05, 0.1) is 5.02 Å². The van der Waals surface area contributed by atoms with Crippen molar-refractivity contribution in [2.24, 2.45) is 0 Å². The Morgan fingerprint density at radius 1 is 1.21 bits per heavy atom. The third-order valence-electron chi connectivity index (χ3n) is 3.68. The molecule has 1 unspecified atom stereocenters. The molecule has 8 heteroatoms. The summed E-state index contributed by atoms with van der Waals surface area (Å²) in [5.41, 5.74) is -0.948. The second kappa shape index (κ2) is 7.37. The number of halogens is 3. The van der Waals surface area contributed by atoms with Crippen molar-refractivity contribution in [2.75, 3.05) is 13.7 Å². The smallest absolute Gasteiger partial charge is 0.242 e. The van der Waals surface area contributed by atoms with Gasteiger partial charge in [-0.05, 0) is 31.2 Å². The van der Waals surface area contributed by atoms with Crippen LogP contribution in [0.2, 0.25) is 10.0 Å². The van der Waals surface area contributed by atoms with Gasteiger partial charge in [0.25, 0.3) is 0 Å². The van der Waals surface area contributed by atoms with E-state index in [2.05, 4.69) is 4.72 Å². The first kappa shape index (κ1) is 19.1. The molecule has 0 saturated heterocycles. The minimum absolute atomic E-state index is 0.0388. The lowest BCUT2D eigenvalue weighted by Gasteiger charge is -2.29. The second-order valence-electron chi connectivity index (χ2n) is 5.31. The van der Waals surface area contributed by atoms with E-state index in [1.807, 2.05) is 0 Å². The molecule has 2 rings (SSSR count). The Balaban J connectivity index is 2.30. The summed E-state index contributed by atoms with van der Waals surface area (Å²) in [5.74, 6) is -0.484. The molecule has 0 aliphatic rings. The number of nitrogens with one attached hydrogen (secondary N) is 1. The largest absolute Gasteiger partial charge is 0.372 e. The molecule has 0 spiro atoms. The predicted molar refractivity (Wildman–Crippen MR) is 92.4 cm³/mol. The maximum atomic E-state index is 14.0. The lowest BCUT2D eigenvalue weighted by molar-refractivity contribution is 0.00410. The van der Waals surface area contributed by atoms with Crippen LogP contribution >= 0.6 is 23.2 Å². The van der Waals surface area contributed by atoms with Crippen LogP contribution in [0.1, 0.15) is 12.5 Å². The normalized spacial score (nSPS) is 14.4. The molecule has 130 valence electrons.